The van der Waals surface area contributed by atoms with Crippen molar-refractivity contribution >= 4 is 12.0 Å². The largest absolute Gasteiger partial charge is 0.431 e. The molecule has 0 aromatic heterocycles. The predicted molar refractivity (Wildman–Crippen MR) is 140 cm³/mol. The summed E-state index contributed by atoms with van der Waals surface area (Å²) in [7, 11) is 0. The zero-order chi connectivity index (χ0) is 26.8. The van der Waals surface area contributed by atoms with Gasteiger partial charge < -0.3 is 4.74 Å². The third-order valence-electron chi connectivity index (χ3n) is 9.09. The molecule has 0 atom stereocenters. The molecule has 0 N–H and O–H groups in total. The number of benzene rings is 2. The minimum absolute atomic E-state index is 0.0625. The average Bonchev–Trinajstić information content (AvgIpc) is 2.91. The van der Waals surface area contributed by atoms with Crippen LogP contribution in [-0.4, -0.2) is 5.97 Å². The van der Waals surface area contributed by atoms with Gasteiger partial charge in [0, 0.05) is 6.42 Å². The van der Waals surface area contributed by atoms with Crippen molar-refractivity contribution in [3.63, 3.8) is 0 Å². The maximum atomic E-state index is 15.3. The minimum Gasteiger partial charge on any atom is -0.431 e. The molecule has 3 aliphatic rings. The summed E-state index contributed by atoms with van der Waals surface area (Å²) >= 11 is 0. The number of halogens is 4. The third kappa shape index (κ3) is 5.69. The molecular weight excluding hydrogens is 492 g/mol. The Bertz CT molecular complexity index is 1200. The Morgan fingerprint density at radius 3 is 2.18 bits per heavy atom. The SMILES string of the molecule is CCCC1CCC(C2CCC(C(=O)OC3=Cc4cc(F)c(-c5ccc(F)c(F)c5)c(F)c4CC3)CC2)CC1. The Morgan fingerprint density at radius 1 is 0.842 bits per heavy atom. The topological polar surface area (TPSA) is 26.3 Å². The van der Waals surface area contributed by atoms with Crippen LogP contribution in [0.15, 0.2) is 30.0 Å². The second-order valence-electron chi connectivity index (χ2n) is 11.5. The molecule has 0 bridgehead atoms. The van der Waals surface area contributed by atoms with Crippen LogP contribution in [0.4, 0.5) is 17.6 Å². The second-order valence-corrected chi connectivity index (χ2v) is 11.5. The van der Waals surface area contributed by atoms with Gasteiger partial charge in [-0.05, 0) is 104 Å². The van der Waals surface area contributed by atoms with Crippen molar-refractivity contribution in [1.82, 2.24) is 0 Å². The quantitative estimate of drug-likeness (QED) is 0.276. The summed E-state index contributed by atoms with van der Waals surface area (Å²) in [6.07, 6.45) is 13.8. The van der Waals surface area contributed by atoms with Crippen LogP contribution >= 0.6 is 0 Å². The summed E-state index contributed by atoms with van der Waals surface area (Å²) in [5.41, 5.74) is 0.141. The highest BCUT2D eigenvalue weighted by molar-refractivity contribution is 5.76. The first-order valence-corrected chi connectivity index (χ1v) is 14.2. The molecule has 0 aliphatic heterocycles. The average molecular weight is 529 g/mol. The molecule has 6 heteroatoms. The van der Waals surface area contributed by atoms with Gasteiger partial charge in [0.25, 0.3) is 0 Å². The van der Waals surface area contributed by atoms with Crippen LogP contribution in [0.25, 0.3) is 17.2 Å². The lowest BCUT2D eigenvalue weighted by molar-refractivity contribution is -0.146. The van der Waals surface area contributed by atoms with E-state index in [9.17, 15) is 18.0 Å². The summed E-state index contributed by atoms with van der Waals surface area (Å²) in [6.45, 7) is 2.26. The molecule has 0 amide bonds. The van der Waals surface area contributed by atoms with Crippen LogP contribution in [0, 0.1) is 46.9 Å². The number of rotatable bonds is 6. The lowest BCUT2D eigenvalue weighted by Gasteiger charge is -2.37. The van der Waals surface area contributed by atoms with E-state index in [0.29, 0.717) is 23.7 Å². The molecule has 0 unspecified atom stereocenters. The number of allylic oxidation sites excluding steroid dienone is 1. The summed E-state index contributed by atoms with van der Waals surface area (Å²) in [5, 5.41) is 0. The first kappa shape index (κ1) is 27.0. The van der Waals surface area contributed by atoms with Gasteiger partial charge in [0.15, 0.2) is 11.6 Å². The number of esters is 1. The molecule has 3 aliphatic carbocycles. The molecule has 0 saturated heterocycles. The van der Waals surface area contributed by atoms with Crippen molar-refractivity contribution in [1.29, 1.82) is 0 Å². The third-order valence-corrected chi connectivity index (χ3v) is 9.09. The van der Waals surface area contributed by atoms with E-state index in [1.54, 1.807) is 0 Å². The van der Waals surface area contributed by atoms with E-state index in [4.69, 9.17) is 4.74 Å². The van der Waals surface area contributed by atoms with Gasteiger partial charge in [-0.25, -0.2) is 17.6 Å². The van der Waals surface area contributed by atoms with Crippen LogP contribution in [0.3, 0.4) is 0 Å². The molecule has 2 fully saturated rings. The predicted octanol–water partition coefficient (Wildman–Crippen LogP) is 9.15. The van der Waals surface area contributed by atoms with Crippen LogP contribution in [0.5, 0.6) is 0 Å². The molecule has 2 aromatic rings. The Morgan fingerprint density at radius 2 is 1.53 bits per heavy atom. The van der Waals surface area contributed by atoms with Gasteiger partial charge in [-0.15, -0.1) is 0 Å². The first-order chi connectivity index (χ1) is 18.3. The van der Waals surface area contributed by atoms with Gasteiger partial charge in [0.1, 0.15) is 17.4 Å². The number of carbonyl (C=O) groups excluding carboxylic acids is 1. The maximum absolute atomic E-state index is 15.3. The zero-order valence-corrected chi connectivity index (χ0v) is 22.0. The number of ether oxygens (including phenoxy) is 1. The van der Waals surface area contributed by atoms with Crippen molar-refractivity contribution in [2.24, 2.45) is 23.7 Å². The van der Waals surface area contributed by atoms with Gasteiger partial charge >= 0.3 is 5.97 Å². The standard InChI is InChI=1S/C32H36F4O2/c1-2-3-19-4-6-20(7-5-19)21-8-10-22(11-9-21)32(37)38-25-13-14-26-24(16-25)18-29(35)30(31(26)36)23-12-15-27(33)28(34)17-23/h12,15-22H,2-11,13-14H2,1H3. The summed E-state index contributed by atoms with van der Waals surface area (Å²) in [6, 6.07) is 3.97. The maximum Gasteiger partial charge on any atom is 0.314 e. The number of hydrogen-bond donors (Lipinski definition) is 0. The van der Waals surface area contributed by atoms with Crippen molar-refractivity contribution in [2.75, 3.05) is 0 Å². The van der Waals surface area contributed by atoms with E-state index < -0.39 is 23.3 Å². The molecule has 2 aromatic carbocycles. The van der Waals surface area contributed by atoms with E-state index in [1.807, 2.05) is 0 Å². The van der Waals surface area contributed by atoms with Gasteiger partial charge in [0.2, 0.25) is 0 Å². The smallest absolute Gasteiger partial charge is 0.314 e. The van der Waals surface area contributed by atoms with Crippen LogP contribution in [-0.2, 0) is 16.0 Å². The lowest BCUT2D eigenvalue weighted by Crippen LogP contribution is -2.29. The molecule has 0 heterocycles. The molecule has 2 nitrogen and oxygen atoms in total. The minimum atomic E-state index is -1.17. The number of fused-ring (bicyclic) bond motifs is 1. The molecule has 0 spiro atoms. The van der Waals surface area contributed by atoms with Crippen LogP contribution in [0.1, 0.15) is 88.7 Å². The van der Waals surface area contributed by atoms with Gasteiger partial charge in [-0.3, -0.25) is 4.79 Å². The molecule has 2 saturated carbocycles. The van der Waals surface area contributed by atoms with Crippen molar-refractivity contribution in [2.45, 2.75) is 84.0 Å². The fourth-order valence-corrected chi connectivity index (χ4v) is 6.95. The van der Waals surface area contributed by atoms with E-state index in [2.05, 4.69) is 6.92 Å². The first-order valence-electron chi connectivity index (χ1n) is 14.2. The molecule has 0 radical (unpaired) electrons. The summed E-state index contributed by atoms with van der Waals surface area (Å²) in [5.74, 6) is -1.48. The molecular formula is C32H36F4O2. The highest BCUT2D eigenvalue weighted by Crippen LogP contribution is 2.43. The van der Waals surface area contributed by atoms with Gasteiger partial charge in [0.05, 0.1) is 11.5 Å². The highest BCUT2D eigenvalue weighted by Gasteiger charge is 2.34. The Balaban J connectivity index is 1.20. The summed E-state index contributed by atoms with van der Waals surface area (Å²) in [4.78, 5) is 12.9. The van der Waals surface area contributed by atoms with Crippen molar-refractivity contribution in [3.05, 3.63) is 64.4 Å². The summed E-state index contributed by atoms with van der Waals surface area (Å²) < 4.78 is 62.9. The Hall–Kier alpha value is -2.63. The fraction of sp³-hybridized carbons (Fsp3) is 0.531. The molecule has 38 heavy (non-hydrogen) atoms. The molecule has 204 valence electrons. The van der Waals surface area contributed by atoms with Crippen LogP contribution in [0.2, 0.25) is 0 Å². The van der Waals surface area contributed by atoms with E-state index in [0.717, 1.165) is 55.7 Å². The monoisotopic (exact) mass is 528 g/mol. The van der Waals surface area contributed by atoms with Gasteiger partial charge in [-0.2, -0.15) is 0 Å². The zero-order valence-electron chi connectivity index (χ0n) is 22.0. The van der Waals surface area contributed by atoms with E-state index in [1.165, 1.54) is 50.7 Å². The van der Waals surface area contributed by atoms with E-state index in [-0.39, 0.29) is 35.0 Å². The second kappa shape index (κ2) is 11.6. The lowest BCUT2D eigenvalue weighted by atomic mass is 9.69. The van der Waals surface area contributed by atoms with Crippen molar-refractivity contribution < 1.29 is 27.1 Å². The van der Waals surface area contributed by atoms with Crippen LogP contribution < -0.4 is 0 Å². The van der Waals surface area contributed by atoms with Gasteiger partial charge in [-0.1, -0.05) is 38.7 Å². The molecule has 5 rings (SSSR count). The Kier molecular flexibility index (Phi) is 8.25. The number of carbonyl (C=O) groups is 1. The highest BCUT2D eigenvalue weighted by atomic mass is 19.2. The number of hydrogen-bond acceptors (Lipinski definition) is 2. The normalized spacial score (nSPS) is 25.4. The fourth-order valence-electron chi connectivity index (χ4n) is 6.95. The van der Waals surface area contributed by atoms with E-state index >= 15 is 4.39 Å². The van der Waals surface area contributed by atoms with Crippen molar-refractivity contribution in [3.8, 4) is 11.1 Å². The Labute approximate surface area is 222 Å².